The highest BCUT2D eigenvalue weighted by molar-refractivity contribution is 6.30. The van der Waals surface area contributed by atoms with Gasteiger partial charge < -0.3 is 4.74 Å². The lowest BCUT2D eigenvalue weighted by Gasteiger charge is -2.11. The van der Waals surface area contributed by atoms with Crippen molar-refractivity contribution in [2.45, 2.75) is 12.5 Å². The Morgan fingerprint density at radius 3 is 2.67 bits per heavy atom. The zero-order valence-corrected chi connectivity index (χ0v) is 12.4. The molecule has 0 radical (unpaired) electrons. The molecule has 0 fully saturated rings. The molecule has 1 N–H and O–H groups in total. The van der Waals surface area contributed by atoms with Crippen LogP contribution in [0.2, 0.25) is 5.02 Å². The fourth-order valence-electron chi connectivity index (χ4n) is 2.37. The molecular weight excluding hydrogens is 286 g/mol. The second-order valence-corrected chi connectivity index (χ2v) is 5.30. The third-order valence-corrected chi connectivity index (χ3v) is 3.69. The first-order valence-corrected chi connectivity index (χ1v) is 7.15. The summed E-state index contributed by atoms with van der Waals surface area (Å²) in [6.07, 6.45) is 2.82. The minimum atomic E-state index is -0.0213. The van der Waals surface area contributed by atoms with Crippen molar-refractivity contribution in [2.24, 2.45) is 0 Å². The predicted molar refractivity (Wildman–Crippen MR) is 84.1 cm³/mol. The summed E-state index contributed by atoms with van der Waals surface area (Å²) in [6, 6.07) is 15.7. The van der Waals surface area contributed by atoms with E-state index in [4.69, 9.17) is 21.2 Å². The molecule has 1 unspecified atom stereocenters. The van der Waals surface area contributed by atoms with Gasteiger partial charge in [0.2, 0.25) is 0 Å². The van der Waals surface area contributed by atoms with E-state index in [9.17, 15) is 0 Å². The van der Waals surface area contributed by atoms with E-state index < -0.39 is 0 Å². The fourth-order valence-corrected chi connectivity index (χ4v) is 2.49. The first-order valence-electron chi connectivity index (χ1n) is 6.77. The van der Waals surface area contributed by atoms with Crippen LogP contribution in [-0.4, -0.2) is 13.2 Å². The summed E-state index contributed by atoms with van der Waals surface area (Å²) < 4.78 is 5.37. The molecule has 0 amide bonds. The molecule has 0 bridgehead atoms. The Morgan fingerprint density at radius 1 is 1.14 bits per heavy atom. The van der Waals surface area contributed by atoms with Crippen LogP contribution in [-0.2, 0) is 11.3 Å². The molecule has 3 nitrogen and oxygen atoms in total. The van der Waals surface area contributed by atoms with Crippen LogP contribution in [0.5, 0.6) is 5.75 Å². The molecule has 3 rings (SSSR count). The molecule has 2 aromatic rings. The lowest BCUT2D eigenvalue weighted by Crippen LogP contribution is -2.14. The van der Waals surface area contributed by atoms with Gasteiger partial charge in [-0.1, -0.05) is 41.9 Å². The lowest BCUT2D eigenvalue weighted by molar-refractivity contribution is 0.0516. The third-order valence-electron chi connectivity index (χ3n) is 3.44. The zero-order chi connectivity index (χ0) is 14.7. The Balaban J connectivity index is 1.75. The first kappa shape index (κ1) is 14.0. The van der Waals surface area contributed by atoms with Crippen molar-refractivity contribution in [1.29, 1.82) is 0 Å². The van der Waals surface area contributed by atoms with Gasteiger partial charge >= 0.3 is 0 Å². The van der Waals surface area contributed by atoms with Crippen molar-refractivity contribution in [3.63, 3.8) is 0 Å². The summed E-state index contributed by atoms with van der Waals surface area (Å²) in [5, 5.41) is 0.726. The van der Waals surface area contributed by atoms with Crippen LogP contribution >= 0.6 is 11.6 Å². The van der Waals surface area contributed by atoms with Crippen LogP contribution in [0.25, 0.3) is 5.70 Å². The van der Waals surface area contributed by atoms with E-state index in [2.05, 4.69) is 17.6 Å². The van der Waals surface area contributed by atoms with E-state index in [0.717, 1.165) is 34.0 Å². The van der Waals surface area contributed by atoms with Gasteiger partial charge in [-0.15, -0.1) is 0 Å². The van der Waals surface area contributed by atoms with Crippen LogP contribution in [0.1, 0.15) is 11.1 Å². The summed E-state index contributed by atoms with van der Waals surface area (Å²) >= 11 is 5.90. The number of hydrogen-bond acceptors (Lipinski definition) is 3. The van der Waals surface area contributed by atoms with Gasteiger partial charge in [-0.3, -0.25) is 10.3 Å². The predicted octanol–water partition coefficient (Wildman–Crippen LogP) is 3.84. The van der Waals surface area contributed by atoms with E-state index in [0.29, 0.717) is 0 Å². The second kappa shape index (κ2) is 6.20. The Labute approximate surface area is 129 Å². The number of para-hydroxylation sites is 1. The van der Waals surface area contributed by atoms with Crippen LogP contribution < -0.4 is 10.2 Å². The number of methoxy groups -OCH3 is 1. The fraction of sp³-hybridized carbons (Fsp3) is 0.176. The van der Waals surface area contributed by atoms with E-state index >= 15 is 0 Å². The molecule has 1 atom stereocenters. The average Bonchev–Trinajstić information content (AvgIpc) is 2.97. The maximum absolute atomic E-state index is 5.90. The number of hydroxylamine groups is 1. The highest BCUT2D eigenvalue weighted by atomic mass is 35.5. The zero-order valence-electron chi connectivity index (χ0n) is 11.7. The maximum Gasteiger partial charge on any atom is 0.122 e. The van der Waals surface area contributed by atoms with Crippen molar-refractivity contribution in [3.8, 4) is 5.75 Å². The van der Waals surface area contributed by atoms with Crippen molar-refractivity contribution in [1.82, 2.24) is 5.48 Å². The van der Waals surface area contributed by atoms with Crippen molar-refractivity contribution < 1.29 is 9.57 Å². The van der Waals surface area contributed by atoms with Gasteiger partial charge in [-0.25, -0.2) is 0 Å². The summed E-state index contributed by atoms with van der Waals surface area (Å²) in [6.45, 7) is 0. The Kier molecular flexibility index (Phi) is 4.13. The molecule has 0 aromatic heterocycles. The topological polar surface area (TPSA) is 30.5 Å². The van der Waals surface area contributed by atoms with Gasteiger partial charge in [0.25, 0.3) is 0 Å². The van der Waals surface area contributed by atoms with Gasteiger partial charge in [-0.05, 0) is 35.4 Å². The standard InChI is InChI=1S/C17H16ClNO2/c1-20-17-5-3-2-4-13(17)10-15-11-16(19-21-15)12-6-8-14(18)9-7-12/h2-9,11,15,19H,10H2,1H3. The number of hydrogen-bond donors (Lipinski definition) is 1. The van der Waals surface area contributed by atoms with Crippen LogP contribution in [0, 0.1) is 0 Å². The molecule has 1 heterocycles. The molecule has 108 valence electrons. The van der Waals surface area contributed by atoms with E-state index in [1.165, 1.54) is 0 Å². The Hall–Kier alpha value is -1.97. The molecule has 21 heavy (non-hydrogen) atoms. The van der Waals surface area contributed by atoms with E-state index in [-0.39, 0.29) is 6.10 Å². The molecule has 1 aliphatic rings. The van der Waals surface area contributed by atoms with E-state index in [1.54, 1.807) is 7.11 Å². The average molecular weight is 302 g/mol. The van der Waals surface area contributed by atoms with Crippen molar-refractivity contribution >= 4 is 17.3 Å². The van der Waals surface area contributed by atoms with Gasteiger partial charge in [0.1, 0.15) is 11.9 Å². The molecule has 0 aliphatic carbocycles. The maximum atomic E-state index is 5.90. The van der Waals surface area contributed by atoms with Crippen LogP contribution in [0.3, 0.4) is 0 Å². The molecule has 0 spiro atoms. The van der Waals surface area contributed by atoms with Crippen LogP contribution in [0.4, 0.5) is 0 Å². The Morgan fingerprint density at radius 2 is 1.90 bits per heavy atom. The number of benzene rings is 2. The number of ether oxygens (including phenoxy) is 1. The number of rotatable bonds is 4. The van der Waals surface area contributed by atoms with Gasteiger partial charge in [0.05, 0.1) is 12.8 Å². The molecular formula is C17H16ClNO2. The van der Waals surface area contributed by atoms with Crippen molar-refractivity contribution in [3.05, 3.63) is 70.8 Å². The SMILES string of the molecule is COc1ccccc1CC1C=C(c2ccc(Cl)cc2)NO1. The van der Waals surface area contributed by atoms with Gasteiger partial charge in [0.15, 0.2) is 0 Å². The highest BCUT2D eigenvalue weighted by Crippen LogP contribution is 2.25. The minimum absolute atomic E-state index is 0.0213. The lowest BCUT2D eigenvalue weighted by atomic mass is 10.0. The third kappa shape index (κ3) is 3.20. The summed E-state index contributed by atoms with van der Waals surface area (Å²) in [5.74, 6) is 0.884. The van der Waals surface area contributed by atoms with Gasteiger partial charge in [-0.2, -0.15) is 0 Å². The minimum Gasteiger partial charge on any atom is -0.496 e. The highest BCUT2D eigenvalue weighted by Gasteiger charge is 2.19. The monoisotopic (exact) mass is 301 g/mol. The molecule has 4 heteroatoms. The van der Waals surface area contributed by atoms with Crippen LogP contribution in [0.15, 0.2) is 54.6 Å². The largest absolute Gasteiger partial charge is 0.496 e. The number of halogens is 1. The molecule has 0 saturated heterocycles. The Bertz CT molecular complexity index is 652. The smallest absolute Gasteiger partial charge is 0.122 e. The van der Waals surface area contributed by atoms with Gasteiger partial charge in [0, 0.05) is 11.4 Å². The van der Waals surface area contributed by atoms with E-state index in [1.807, 2.05) is 42.5 Å². The molecule has 0 saturated carbocycles. The summed E-state index contributed by atoms with van der Waals surface area (Å²) in [7, 11) is 1.68. The summed E-state index contributed by atoms with van der Waals surface area (Å²) in [4.78, 5) is 5.62. The molecule has 2 aromatic carbocycles. The quantitative estimate of drug-likeness (QED) is 0.931. The molecule has 1 aliphatic heterocycles. The normalized spacial score (nSPS) is 17.2. The summed E-state index contributed by atoms with van der Waals surface area (Å²) in [5.41, 5.74) is 6.12. The first-order chi connectivity index (χ1) is 10.3. The second-order valence-electron chi connectivity index (χ2n) is 4.86. The number of nitrogens with one attached hydrogen (secondary N) is 1. The van der Waals surface area contributed by atoms with Crippen molar-refractivity contribution in [2.75, 3.05) is 7.11 Å².